The third-order valence-corrected chi connectivity index (χ3v) is 20.7. The standard InChI is InChI=1S/C35H43N5O2S.C25H33N3OS.C9H12N2/c1-22-16-23(2)18-27(17-22)31-30(24(3)20-37-34(42)40-15-10-26(21-40)25-8-11-36-12-9-25)28-19-29(43-32(28)38-31)35(4,5)33(41)39-13-6-7-14-39;1-15-10-16(2)12-18(11-15)22-21(17(3)14-26)19-13-20(30-23(19)27-22)25(4,5)24(29)28-8-6-7-9-28;1-4-10-5-2-8(1)9-3-6-11-7-9/h8-9,11-12,16-19,24,26,38H,6-7,10,13-15,20-21H2,1-5H3,(H,37,42);10-13,17,27H,6-9,14,26H2,1-5H3;1-2,4-5,9,11H,3,6-7H2/t24-,26?;17-;/m11./s1. The van der Waals surface area contributed by atoms with Crippen LogP contribution in [0.4, 0.5) is 4.79 Å². The smallest absolute Gasteiger partial charge is 0.317 e. The van der Waals surface area contributed by atoms with Gasteiger partial charge in [0.15, 0.2) is 0 Å². The van der Waals surface area contributed by atoms with E-state index in [1.807, 2.05) is 39.5 Å². The fourth-order valence-corrected chi connectivity index (χ4v) is 15.5. The Labute approximate surface area is 505 Å². The molecule has 15 heteroatoms. The number of thiophene rings is 2. The summed E-state index contributed by atoms with van der Waals surface area (Å²) >= 11 is 3.40. The van der Waals surface area contributed by atoms with Crippen LogP contribution in [0.5, 0.6) is 0 Å². The highest BCUT2D eigenvalue weighted by atomic mass is 32.1. The number of nitrogens with one attached hydrogen (secondary N) is 4. The van der Waals surface area contributed by atoms with Crippen molar-refractivity contribution in [2.75, 3.05) is 65.4 Å². The molecule has 4 saturated heterocycles. The van der Waals surface area contributed by atoms with Crippen LogP contribution in [0.1, 0.15) is 158 Å². The summed E-state index contributed by atoms with van der Waals surface area (Å²) in [5, 5.41) is 8.96. The zero-order valence-electron chi connectivity index (χ0n) is 51.2. The topological polar surface area (TPSA) is 168 Å². The van der Waals surface area contributed by atoms with Gasteiger partial charge >= 0.3 is 6.03 Å². The number of pyridine rings is 2. The highest BCUT2D eigenvalue weighted by Crippen LogP contribution is 2.45. The van der Waals surface area contributed by atoms with Gasteiger partial charge in [0.2, 0.25) is 11.8 Å². The van der Waals surface area contributed by atoms with Gasteiger partial charge in [-0.15, -0.1) is 22.7 Å². The van der Waals surface area contributed by atoms with Gasteiger partial charge in [0.05, 0.1) is 22.2 Å². The van der Waals surface area contributed by atoms with E-state index in [2.05, 4.69) is 173 Å². The average molecular weight is 1170 g/mol. The number of rotatable bonds is 13. The molecule has 0 radical (unpaired) electrons. The van der Waals surface area contributed by atoms with Gasteiger partial charge in [0, 0.05) is 110 Å². The minimum Gasteiger partial charge on any atom is -0.346 e. The van der Waals surface area contributed by atoms with Gasteiger partial charge in [-0.3, -0.25) is 19.6 Å². The molecule has 4 aliphatic rings. The molecule has 2 unspecified atom stereocenters. The van der Waals surface area contributed by atoms with E-state index in [1.165, 1.54) is 61.9 Å². The lowest BCUT2D eigenvalue weighted by Gasteiger charge is -2.28. The Morgan fingerprint density at radius 2 is 1.05 bits per heavy atom. The lowest BCUT2D eigenvalue weighted by Crippen LogP contribution is -2.41. The molecule has 4 amide bonds. The van der Waals surface area contributed by atoms with Gasteiger partial charge in [-0.25, -0.2) is 4.79 Å². The van der Waals surface area contributed by atoms with E-state index in [-0.39, 0.29) is 29.7 Å². The Hall–Kier alpha value is -6.65. The molecule has 0 aliphatic carbocycles. The maximum atomic E-state index is 13.5. The van der Waals surface area contributed by atoms with Crippen molar-refractivity contribution in [1.29, 1.82) is 0 Å². The predicted octanol–water partition coefficient (Wildman–Crippen LogP) is 13.7. The van der Waals surface area contributed by atoms with Crippen LogP contribution in [-0.4, -0.2) is 118 Å². The third kappa shape index (κ3) is 13.1. The molecule has 12 rings (SSSR count). The van der Waals surface area contributed by atoms with E-state index >= 15 is 0 Å². The quantitative estimate of drug-likeness (QED) is 0.0766. The van der Waals surface area contributed by atoms with Crippen LogP contribution in [0.2, 0.25) is 0 Å². The molecule has 10 heterocycles. The minimum atomic E-state index is -0.592. The third-order valence-electron chi connectivity index (χ3n) is 18.0. The maximum Gasteiger partial charge on any atom is 0.317 e. The fraction of sp³-hybridized carbons (Fsp3) is 0.464. The number of aromatic amines is 2. The average Bonchev–Trinajstić information content (AvgIpc) is 1.94. The number of fused-ring (bicyclic) bond motifs is 2. The van der Waals surface area contributed by atoms with Crippen molar-refractivity contribution in [3.8, 4) is 22.5 Å². The summed E-state index contributed by atoms with van der Waals surface area (Å²) in [5.74, 6) is 1.81. The molecular weight excluding hydrogens is 1080 g/mol. The molecule has 444 valence electrons. The normalized spacial score (nSPS) is 18.0. The van der Waals surface area contributed by atoms with Crippen LogP contribution in [0.15, 0.2) is 97.6 Å². The molecule has 4 atom stereocenters. The number of benzene rings is 2. The highest BCUT2D eigenvalue weighted by molar-refractivity contribution is 7.19. The number of aryl methyl sites for hydroxylation is 4. The largest absolute Gasteiger partial charge is 0.346 e. The Morgan fingerprint density at radius 1 is 0.607 bits per heavy atom. The van der Waals surface area contributed by atoms with Gasteiger partial charge < -0.3 is 41.0 Å². The van der Waals surface area contributed by atoms with Gasteiger partial charge in [-0.05, 0) is 213 Å². The summed E-state index contributed by atoms with van der Waals surface area (Å²) in [6.45, 7) is 29.5. The number of urea groups is 1. The molecule has 0 bridgehead atoms. The second-order valence-electron chi connectivity index (χ2n) is 25.4. The Kier molecular flexibility index (Phi) is 18.7. The summed E-state index contributed by atoms with van der Waals surface area (Å²) in [7, 11) is 0. The van der Waals surface area contributed by atoms with Crippen LogP contribution in [0, 0.1) is 27.7 Å². The molecule has 84 heavy (non-hydrogen) atoms. The molecule has 6 aromatic heterocycles. The minimum absolute atomic E-state index is 0.00788. The number of aromatic nitrogens is 4. The van der Waals surface area contributed by atoms with Gasteiger partial charge in [-0.2, -0.15) is 0 Å². The number of carbonyl (C=O) groups is 3. The summed E-state index contributed by atoms with van der Waals surface area (Å²) in [6, 6.07) is 26.1. The van der Waals surface area contributed by atoms with E-state index in [9.17, 15) is 14.4 Å². The van der Waals surface area contributed by atoms with Crippen molar-refractivity contribution < 1.29 is 14.4 Å². The molecule has 0 spiro atoms. The fourth-order valence-electron chi connectivity index (χ4n) is 13.2. The molecule has 13 nitrogen and oxygen atoms in total. The first-order valence-corrected chi connectivity index (χ1v) is 32.2. The zero-order chi connectivity index (χ0) is 59.5. The number of nitrogens with zero attached hydrogens (tertiary/aromatic N) is 5. The number of carbonyl (C=O) groups excluding carboxylic acids is 3. The Bertz CT molecular complexity index is 3540. The van der Waals surface area contributed by atoms with E-state index in [0.717, 1.165) is 132 Å². The Morgan fingerprint density at radius 3 is 1.48 bits per heavy atom. The van der Waals surface area contributed by atoms with E-state index in [0.29, 0.717) is 19.0 Å². The van der Waals surface area contributed by atoms with Gasteiger partial charge in [0.25, 0.3) is 0 Å². The summed E-state index contributed by atoms with van der Waals surface area (Å²) < 4.78 is 0. The monoisotopic (exact) mass is 1170 g/mol. The van der Waals surface area contributed by atoms with Crippen LogP contribution in [-0.2, 0) is 20.4 Å². The number of nitrogens with two attached hydrogens (primary N) is 1. The van der Waals surface area contributed by atoms with E-state index in [1.54, 1.807) is 22.7 Å². The molecule has 4 fully saturated rings. The van der Waals surface area contributed by atoms with Crippen molar-refractivity contribution in [2.24, 2.45) is 5.73 Å². The summed E-state index contributed by atoms with van der Waals surface area (Å²) in [4.78, 5) is 66.0. The van der Waals surface area contributed by atoms with Crippen LogP contribution < -0.4 is 16.4 Å². The Balaban J connectivity index is 0.000000165. The maximum absolute atomic E-state index is 13.5. The molecular formula is C69H88N10O3S2. The molecule has 8 aromatic rings. The number of H-pyrrole nitrogens is 2. The second kappa shape index (κ2) is 25.9. The van der Waals surface area contributed by atoms with Crippen LogP contribution in [0.25, 0.3) is 42.9 Å². The molecule has 6 N–H and O–H groups in total. The lowest BCUT2D eigenvalue weighted by atomic mass is 9.88. The van der Waals surface area contributed by atoms with Crippen molar-refractivity contribution in [3.63, 3.8) is 0 Å². The first kappa shape index (κ1) is 60.5. The summed E-state index contributed by atoms with van der Waals surface area (Å²) in [6.07, 6.45) is 14.0. The van der Waals surface area contributed by atoms with Gasteiger partial charge in [-0.1, -0.05) is 48.2 Å². The first-order chi connectivity index (χ1) is 40.3. The number of amides is 4. The number of hydrogen-bond donors (Lipinski definition) is 5. The SMILES string of the molecule is Cc1cc(C)cc(-c2[nH]c3sc(C(C)(C)C(=O)N4CCCC4)cc3c2[C@H](C)CN)c1.Cc1cc(C)cc(-c2[nH]c3sc(C(C)(C)C(=O)N4CCCC4)cc3c2[C@H](C)CNC(=O)N2CCC(c3ccncc3)C2)c1.c1cc(C2CCNC2)ccn1. The predicted molar refractivity (Wildman–Crippen MR) is 347 cm³/mol. The summed E-state index contributed by atoms with van der Waals surface area (Å²) in [5.41, 5.74) is 19.7. The van der Waals surface area contributed by atoms with Crippen molar-refractivity contribution in [1.82, 2.24) is 45.3 Å². The van der Waals surface area contributed by atoms with E-state index < -0.39 is 10.8 Å². The molecule has 0 saturated carbocycles. The molecule has 4 aliphatic heterocycles. The van der Waals surface area contributed by atoms with Crippen LogP contribution in [0.3, 0.4) is 0 Å². The number of hydrogen-bond acceptors (Lipinski definition) is 9. The highest BCUT2D eigenvalue weighted by Gasteiger charge is 2.39. The zero-order valence-corrected chi connectivity index (χ0v) is 52.8. The number of likely N-dealkylation sites (tertiary alicyclic amines) is 3. The first-order valence-electron chi connectivity index (χ1n) is 30.6. The van der Waals surface area contributed by atoms with Crippen molar-refractivity contribution in [3.05, 3.63) is 152 Å². The van der Waals surface area contributed by atoms with E-state index in [4.69, 9.17) is 5.73 Å². The van der Waals surface area contributed by atoms with Crippen molar-refractivity contribution in [2.45, 2.75) is 142 Å². The molecule has 2 aromatic carbocycles. The second-order valence-corrected chi connectivity index (χ2v) is 27.5. The lowest BCUT2D eigenvalue weighted by molar-refractivity contribution is -0.135. The van der Waals surface area contributed by atoms with Gasteiger partial charge in [0.1, 0.15) is 9.66 Å². The van der Waals surface area contributed by atoms with Crippen molar-refractivity contribution >= 4 is 61.0 Å². The van der Waals surface area contributed by atoms with Crippen LogP contribution >= 0.6 is 22.7 Å².